The number of hydrogen-bond donors (Lipinski definition) is 1. The highest BCUT2D eigenvalue weighted by molar-refractivity contribution is 7.90. The second-order valence-electron chi connectivity index (χ2n) is 6.37. The van der Waals surface area contributed by atoms with Crippen LogP contribution in [0.1, 0.15) is 16.7 Å². The number of benzene rings is 2. The van der Waals surface area contributed by atoms with Crippen LogP contribution >= 0.6 is 0 Å². The largest absolute Gasteiger partial charge is 0.403 e. The molecule has 3 rings (SSSR count). The van der Waals surface area contributed by atoms with Gasteiger partial charge in [0.15, 0.2) is 9.84 Å². The summed E-state index contributed by atoms with van der Waals surface area (Å²) in [5, 5.41) is 10.2. The summed E-state index contributed by atoms with van der Waals surface area (Å²) in [7, 11) is -3.35. The minimum Gasteiger partial charge on any atom is -0.403 e. The van der Waals surface area contributed by atoms with Crippen molar-refractivity contribution >= 4 is 21.8 Å². The van der Waals surface area contributed by atoms with Gasteiger partial charge in [-0.3, -0.25) is 10.1 Å². The third kappa shape index (κ3) is 4.59. The number of hydrogen-bond acceptors (Lipinski definition) is 6. The summed E-state index contributed by atoms with van der Waals surface area (Å²) >= 11 is 0. The van der Waals surface area contributed by atoms with Crippen molar-refractivity contribution in [1.29, 1.82) is 0 Å². The van der Waals surface area contributed by atoms with Crippen molar-refractivity contribution in [3.63, 3.8) is 0 Å². The lowest BCUT2D eigenvalue weighted by molar-refractivity contribution is -0.115. The number of amides is 1. The molecule has 0 aliphatic rings. The zero-order valence-corrected chi connectivity index (χ0v) is 16.0. The van der Waals surface area contributed by atoms with Crippen LogP contribution < -0.4 is 5.32 Å². The van der Waals surface area contributed by atoms with Gasteiger partial charge in [-0.1, -0.05) is 34.9 Å². The molecule has 0 bridgehead atoms. The molecule has 0 saturated carbocycles. The third-order valence-corrected chi connectivity index (χ3v) is 5.14. The van der Waals surface area contributed by atoms with Crippen LogP contribution in [0.5, 0.6) is 0 Å². The van der Waals surface area contributed by atoms with Gasteiger partial charge in [0, 0.05) is 11.8 Å². The van der Waals surface area contributed by atoms with Crippen molar-refractivity contribution in [2.24, 2.45) is 0 Å². The van der Waals surface area contributed by atoms with E-state index in [1.807, 2.05) is 32.0 Å². The molecule has 0 aliphatic heterocycles. The van der Waals surface area contributed by atoms with Gasteiger partial charge in [0.05, 0.1) is 11.3 Å². The van der Waals surface area contributed by atoms with Gasteiger partial charge in [-0.2, -0.15) is 0 Å². The van der Waals surface area contributed by atoms with Gasteiger partial charge in [-0.05, 0) is 43.2 Å². The molecule has 1 N–H and O–H groups in total. The Morgan fingerprint density at radius 3 is 2.59 bits per heavy atom. The Balaban J connectivity index is 1.73. The van der Waals surface area contributed by atoms with Crippen molar-refractivity contribution in [2.75, 3.05) is 11.6 Å². The lowest BCUT2D eigenvalue weighted by atomic mass is 10.0. The van der Waals surface area contributed by atoms with Crippen LogP contribution in [0.2, 0.25) is 0 Å². The summed E-state index contributed by atoms with van der Waals surface area (Å²) in [6, 6.07) is 12.0. The first-order valence-corrected chi connectivity index (χ1v) is 10.1. The van der Waals surface area contributed by atoms with Crippen LogP contribution in [0.3, 0.4) is 0 Å². The fraction of sp³-hybridized carbons (Fsp3) is 0.211. The fourth-order valence-electron chi connectivity index (χ4n) is 2.63. The van der Waals surface area contributed by atoms with Crippen molar-refractivity contribution < 1.29 is 17.6 Å². The Bertz CT molecular complexity index is 1100. The van der Waals surface area contributed by atoms with Crippen LogP contribution in [-0.2, 0) is 21.1 Å². The number of nitrogens with zero attached hydrogens (tertiary/aromatic N) is 2. The number of nitrogens with one attached hydrogen (secondary N) is 1. The molecule has 0 unspecified atom stereocenters. The minimum atomic E-state index is -3.35. The number of sulfone groups is 1. The molecule has 0 aliphatic carbocycles. The van der Waals surface area contributed by atoms with Gasteiger partial charge >= 0.3 is 6.01 Å². The van der Waals surface area contributed by atoms with Gasteiger partial charge in [-0.25, -0.2) is 8.42 Å². The molecule has 1 heterocycles. The lowest BCUT2D eigenvalue weighted by Gasteiger charge is -2.06. The van der Waals surface area contributed by atoms with E-state index in [9.17, 15) is 13.2 Å². The van der Waals surface area contributed by atoms with Crippen LogP contribution in [-0.4, -0.2) is 30.8 Å². The van der Waals surface area contributed by atoms with Crippen LogP contribution in [0.4, 0.5) is 6.01 Å². The molecule has 0 fully saturated rings. The van der Waals surface area contributed by atoms with Crippen LogP contribution in [0.15, 0.2) is 51.8 Å². The quantitative estimate of drug-likeness (QED) is 0.724. The molecule has 0 spiro atoms. The van der Waals surface area contributed by atoms with E-state index in [2.05, 4.69) is 15.5 Å². The maximum atomic E-state index is 12.2. The maximum Gasteiger partial charge on any atom is 0.322 e. The van der Waals surface area contributed by atoms with E-state index in [1.54, 1.807) is 12.1 Å². The number of aromatic nitrogens is 2. The van der Waals surface area contributed by atoms with E-state index in [-0.39, 0.29) is 29.1 Å². The standard InChI is InChI=1S/C19H19N3O4S/c1-12-7-8-14(13(2)9-12)11-17(23)20-19-22-21-18(26-19)15-5-4-6-16(10-15)27(3,24)25/h4-10H,11H2,1-3H3,(H,20,22,23). The van der Waals surface area contributed by atoms with Crippen molar-refractivity contribution in [3.05, 3.63) is 59.2 Å². The van der Waals surface area contributed by atoms with Gasteiger partial charge in [0.2, 0.25) is 11.8 Å². The van der Waals surface area contributed by atoms with E-state index < -0.39 is 9.84 Å². The number of anilines is 1. The van der Waals surface area contributed by atoms with Crippen molar-refractivity contribution in [2.45, 2.75) is 25.2 Å². The van der Waals surface area contributed by atoms with E-state index in [0.29, 0.717) is 5.56 Å². The van der Waals surface area contributed by atoms with Gasteiger partial charge in [0.1, 0.15) is 0 Å². The number of rotatable bonds is 5. The predicted octanol–water partition coefficient (Wildman–Crippen LogP) is 2.94. The molecule has 0 saturated heterocycles. The molecular formula is C19H19N3O4S. The summed E-state index contributed by atoms with van der Waals surface area (Å²) in [4.78, 5) is 12.4. The highest BCUT2D eigenvalue weighted by Crippen LogP contribution is 2.23. The molecule has 0 radical (unpaired) electrons. The maximum absolute atomic E-state index is 12.2. The summed E-state index contributed by atoms with van der Waals surface area (Å²) in [5.74, 6) is -0.149. The summed E-state index contributed by atoms with van der Waals surface area (Å²) < 4.78 is 28.8. The lowest BCUT2D eigenvalue weighted by Crippen LogP contribution is -2.15. The summed E-state index contributed by atoms with van der Waals surface area (Å²) in [5.41, 5.74) is 3.54. The Morgan fingerprint density at radius 1 is 1.11 bits per heavy atom. The molecule has 2 aromatic carbocycles. The zero-order chi connectivity index (χ0) is 19.6. The zero-order valence-electron chi connectivity index (χ0n) is 15.2. The molecule has 140 valence electrons. The molecule has 7 nitrogen and oxygen atoms in total. The van der Waals surface area contributed by atoms with E-state index in [1.165, 1.54) is 12.1 Å². The van der Waals surface area contributed by atoms with Crippen LogP contribution in [0, 0.1) is 13.8 Å². The molecule has 1 amide bonds. The van der Waals surface area contributed by atoms with Gasteiger partial charge in [0.25, 0.3) is 0 Å². The van der Waals surface area contributed by atoms with E-state index >= 15 is 0 Å². The smallest absolute Gasteiger partial charge is 0.322 e. The number of aryl methyl sites for hydroxylation is 2. The Morgan fingerprint density at radius 2 is 1.89 bits per heavy atom. The fourth-order valence-corrected chi connectivity index (χ4v) is 3.30. The predicted molar refractivity (Wildman–Crippen MR) is 101 cm³/mol. The van der Waals surface area contributed by atoms with Gasteiger partial charge in [-0.15, -0.1) is 5.10 Å². The summed E-state index contributed by atoms with van der Waals surface area (Å²) in [6.07, 6.45) is 1.31. The molecule has 1 aromatic heterocycles. The molecule has 3 aromatic rings. The van der Waals surface area contributed by atoms with Gasteiger partial charge < -0.3 is 4.42 Å². The topological polar surface area (TPSA) is 102 Å². The highest BCUT2D eigenvalue weighted by atomic mass is 32.2. The Hall–Kier alpha value is -3.00. The van der Waals surface area contributed by atoms with E-state index in [4.69, 9.17) is 4.42 Å². The summed E-state index contributed by atoms with van der Waals surface area (Å²) in [6.45, 7) is 3.95. The van der Waals surface area contributed by atoms with E-state index in [0.717, 1.165) is 22.9 Å². The Kier molecular flexibility index (Phi) is 5.09. The molecular weight excluding hydrogens is 366 g/mol. The first-order valence-electron chi connectivity index (χ1n) is 8.22. The first-order chi connectivity index (χ1) is 12.7. The molecule has 8 heteroatoms. The monoisotopic (exact) mass is 385 g/mol. The average Bonchev–Trinajstić information content (AvgIpc) is 3.05. The third-order valence-electron chi connectivity index (χ3n) is 4.03. The Labute approximate surface area is 157 Å². The molecule has 27 heavy (non-hydrogen) atoms. The number of carbonyl (C=O) groups excluding carboxylic acids is 1. The second-order valence-corrected chi connectivity index (χ2v) is 8.38. The normalized spacial score (nSPS) is 11.4. The van der Waals surface area contributed by atoms with Crippen molar-refractivity contribution in [3.8, 4) is 11.5 Å². The minimum absolute atomic E-state index is 0.0375. The van der Waals surface area contributed by atoms with Crippen LogP contribution in [0.25, 0.3) is 11.5 Å². The second kappa shape index (κ2) is 7.32. The molecule has 0 atom stereocenters. The highest BCUT2D eigenvalue weighted by Gasteiger charge is 2.15. The number of carbonyl (C=O) groups is 1. The average molecular weight is 385 g/mol. The van der Waals surface area contributed by atoms with Crippen molar-refractivity contribution in [1.82, 2.24) is 10.2 Å². The SMILES string of the molecule is Cc1ccc(CC(=O)Nc2nnc(-c3cccc(S(C)(=O)=O)c3)o2)c(C)c1. The first kappa shape index (κ1) is 18.8.